The zero-order valence-corrected chi connectivity index (χ0v) is 17.0. The Morgan fingerprint density at radius 2 is 1.90 bits per heavy atom. The number of pyridine rings is 1. The maximum Gasteiger partial charge on any atom is 0.417 e. The van der Waals surface area contributed by atoms with Crippen LogP contribution >= 0.6 is 0 Å². The minimum absolute atomic E-state index is 0.0440. The van der Waals surface area contributed by atoms with E-state index < -0.39 is 11.7 Å². The van der Waals surface area contributed by atoms with Gasteiger partial charge in [0, 0.05) is 18.3 Å². The molecule has 4 rings (SSSR count). The van der Waals surface area contributed by atoms with Gasteiger partial charge in [-0.1, -0.05) is 19.1 Å². The predicted octanol–water partition coefficient (Wildman–Crippen LogP) is 4.26. The topological polar surface area (TPSA) is 46.3 Å². The highest BCUT2D eigenvalue weighted by atomic mass is 19.4. The normalized spacial score (nSPS) is 13.6. The molecule has 0 saturated carbocycles. The van der Waals surface area contributed by atoms with Gasteiger partial charge >= 0.3 is 6.18 Å². The molecule has 156 valence electrons. The lowest BCUT2D eigenvalue weighted by atomic mass is 9.97. The van der Waals surface area contributed by atoms with Crippen LogP contribution in [0, 0.1) is 0 Å². The molecule has 1 aromatic carbocycles. The molecule has 1 aliphatic heterocycles. The van der Waals surface area contributed by atoms with Crippen molar-refractivity contribution in [2.24, 2.45) is 4.99 Å². The summed E-state index contributed by atoms with van der Waals surface area (Å²) in [6.45, 7) is 2.74. The minimum Gasteiger partial charge on any atom is -0.304 e. The Labute approximate surface area is 172 Å². The first kappa shape index (κ1) is 20.3. The summed E-state index contributed by atoms with van der Waals surface area (Å²) in [6.07, 6.45) is -2.28. The van der Waals surface area contributed by atoms with Crippen LogP contribution in [-0.4, -0.2) is 39.2 Å². The molecule has 2 aromatic heterocycles. The second-order valence-corrected chi connectivity index (χ2v) is 7.43. The maximum absolute atomic E-state index is 14.0. The van der Waals surface area contributed by atoms with Crippen molar-refractivity contribution in [3.8, 4) is 5.69 Å². The first-order valence-corrected chi connectivity index (χ1v) is 9.72. The summed E-state index contributed by atoms with van der Waals surface area (Å²) < 4.78 is 44.0. The van der Waals surface area contributed by atoms with Gasteiger partial charge in [0.25, 0.3) is 0 Å². The van der Waals surface area contributed by atoms with E-state index in [0.717, 1.165) is 17.5 Å². The third kappa shape index (κ3) is 3.52. The second-order valence-electron chi connectivity index (χ2n) is 7.43. The monoisotopic (exact) mass is 413 g/mol. The van der Waals surface area contributed by atoms with E-state index in [2.05, 4.69) is 9.98 Å². The van der Waals surface area contributed by atoms with Crippen LogP contribution in [0.15, 0.2) is 47.6 Å². The van der Waals surface area contributed by atoms with Gasteiger partial charge in [-0.15, -0.1) is 0 Å². The van der Waals surface area contributed by atoms with Gasteiger partial charge in [-0.05, 0) is 44.8 Å². The van der Waals surface area contributed by atoms with Crippen LogP contribution in [0.3, 0.4) is 0 Å². The molecule has 8 heteroatoms. The number of alkyl halides is 3. The second kappa shape index (κ2) is 7.68. The van der Waals surface area contributed by atoms with Gasteiger partial charge in [0.2, 0.25) is 0 Å². The lowest BCUT2D eigenvalue weighted by Gasteiger charge is -2.20. The number of halogens is 3. The molecule has 0 N–H and O–H groups in total. The van der Waals surface area contributed by atoms with E-state index in [1.165, 1.54) is 6.07 Å². The van der Waals surface area contributed by atoms with Gasteiger partial charge in [-0.2, -0.15) is 13.2 Å². The number of aryl methyl sites for hydroxylation is 1. The first-order valence-electron chi connectivity index (χ1n) is 9.72. The van der Waals surface area contributed by atoms with Gasteiger partial charge in [-0.25, -0.2) is 4.98 Å². The smallest absolute Gasteiger partial charge is 0.304 e. The Kier molecular flexibility index (Phi) is 5.19. The van der Waals surface area contributed by atoms with Gasteiger partial charge in [0.05, 0.1) is 40.6 Å². The van der Waals surface area contributed by atoms with Crippen molar-refractivity contribution in [3.63, 3.8) is 0 Å². The van der Waals surface area contributed by atoms with Gasteiger partial charge in [0.1, 0.15) is 5.82 Å². The fourth-order valence-electron chi connectivity index (χ4n) is 3.84. The summed E-state index contributed by atoms with van der Waals surface area (Å²) in [4.78, 5) is 15.6. The maximum atomic E-state index is 14.0. The van der Waals surface area contributed by atoms with E-state index in [1.54, 1.807) is 30.5 Å². The highest BCUT2D eigenvalue weighted by Crippen LogP contribution is 2.38. The number of imidazole rings is 1. The van der Waals surface area contributed by atoms with Crippen molar-refractivity contribution in [1.82, 2.24) is 19.4 Å². The molecule has 0 fully saturated rings. The molecule has 0 aliphatic carbocycles. The van der Waals surface area contributed by atoms with E-state index in [1.807, 2.05) is 30.5 Å². The Morgan fingerprint density at radius 1 is 1.10 bits per heavy atom. The molecule has 0 radical (unpaired) electrons. The van der Waals surface area contributed by atoms with E-state index in [0.29, 0.717) is 30.2 Å². The average Bonchev–Trinajstić information content (AvgIpc) is 2.95. The standard InChI is InChI=1S/C22H22F3N5/c1-4-15-18(13-29(2)3)30-17-10-7-8-14(22(23,24)25)20(17)21(27-12-19(30)28-15)16-9-5-6-11-26-16/h5-11H,4,12-13H2,1-3H3. The first-order chi connectivity index (χ1) is 14.3. The Morgan fingerprint density at radius 3 is 2.53 bits per heavy atom. The van der Waals surface area contributed by atoms with Crippen LogP contribution in [0.2, 0.25) is 0 Å². The minimum atomic E-state index is -4.53. The number of benzene rings is 1. The number of aromatic nitrogens is 3. The summed E-state index contributed by atoms with van der Waals surface area (Å²) in [5, 5.41) is 0. The zero-order chi connectivity index (χ0) is 21.5. The van der Waals surface area contributed by atoms with Crippen molar-refractivity contribution >= 4 is 5.71 Å². The SMILES string of the molecule is CCc1nc2n(c1CN(C)C)-c1cccc(C(F)(F)F)c1C(c1ccccn1)=NC2. The van der Waals surface area contributed by atoms with Crippen LogP contribution in [0.4, 0.5) is 13.2 Å². The van der Waals surface area contributed by atoms with Crippen LogP contribution in [0.5, 0.6) is 0 Å². The van der Waals surface area contributed by atoms with E-state index >= 15 is 0 Å². The average molecular weight is 413 g/mol. The lowest BCUT2D eigenvalue weighted by molar-refractivity contribution is -0.137. The van der Waals surface area contributed by atoms with E-state index in [4.69, 9.17) is 4.98 Å². The third-order valence-electron chi connectivity index (χ3n) is 5.04. The molecule has 0 unspecified atom stereocenters. The van der Waals surface area contributed by atoms with Crippen molar-refractivity contribution in [2.75, 3.05) is 14.1 Å². The molecular formula is C22H22F3N5. The fourth-order valence-corrected chi connectivity index (χ4v) is 3.84. The predicted molar refractivity (Wildman–Crippen MR) is 109 cm³/mol. The van der Waals surface area contributed by atoms with Gasteiger partial charge in [-0.3, -0.25) is 14.5 Å². The molecule has 0 bridgehead atoms. The van der Waals surface area contributed by atoms with Gasteiger partial charge in [0.15, 0.2) is 0 Å². The molecule has 1 aliphatic rings. The number of fused-ring (bicyclic) bond motifs is 3. The summed E-state index contributed by atoms with van der Waals surface area (Å²) >= 11 is 0. The van der Waals surface area contributed by atoms with Crippen LogP contribution < -0.4 is 0 Å². The van der Waals surface area contributed by atoms with Crippen LogP contribution in [-0.2, 0) is 25.7 Å². The zero-order valence-electron chi connectivity index (χ0n) is 17.0. The summed E-state index contributed by atoms with van der Waals surface area (Å²) in [6, 6.07) is 9.41. The number of hydrogen-bond donors (Lipinski definition) is 0. The number of aliphatic imine (C=N–C) groups is 1. The number of rotatable bonds is 4. The van der Waals surface area contributed by atoms with Crippen molar-refractivity contribution in [1.29, 1.82) is 0 Å². The molecule has 30 heavy (non-hydrogen) atoms. The van der Waals surface area contributed by atoms with E-state index in [9.17, 15) is 13.2 Å². The van der Waals surface area contributed by atoms with Crippen LogP contribution in [0.25, 0.3) is 5.69 Å². The Balaban J connectivity index is 2.06. The van der Waals surface area contributed by atoms with Gasteiger partial charge < -0.3 is 4.90 Å². The summed E-state index contributed by atoms with van der Waals surface area (Å²) in [5.74, 6) is 0.634. The van der Waals surface area contributed by atoms with Crippen molar-refractivity contribution in [2.45, 2.75) is 32.6 Å². The molecule has 0 saturated heterocycles. The summed E-state index contributed by atoms with van der Waals surface area (Å²) in [5.41, 5.74) is 2.16. The lowest BCUT2D eigenvalue weighted by Crippen LogP contribution is -2.20. The highest BCUT2D eigenvalue weighted by molar-refractivity contribution is 6.15. The van der Waals surface area contributed by atoms with Crippen molar-refractivity contribution < 1.29 is 13.2 Å². The quantitative estimate of drug-likeness (QED) is 0.642. The van der Waals surface area contributed by atoms with E-state index in [-0.39, 0.29) is 17.8 Å². The molecule has 3 aromatic rings. The summed E-state index contributed by atoms with van der Waals surface area (Å²) in [7, 11) is 3.86. The molecule has 3 heterocycles. The molecule has 0 atom stereocenters. The molecule has 0 spiro atoms. The molecule has 5 nitrogen and oxygen atoms in total. The molecule has 0 amide bonds. The number of nitrogens with zero attached hydrogens (tertiary/aromatic N) is 5. The Hall–Kier alpha value is -3.00. The van der Waals surface area contributed by atoms with Crippen LogP contribution in [0.1, 0.15) is 41.0 Å². The fraction of sp³-hybridized carbons (Fsp3) is 0.318. The highest BCUT2D eigenvalue weighted by Gasteiger charge is 2.38. The third-order valence-corrected chi connectivity index (χ3v) is 5.04. The largest absolute Gasteiger partial charge is 0.417 e. The Bertz CT molecular complexity index is 1100. The molecular weight excluding hydrogens is 391 g/mol. The number of hydrogen-bond acceptors (Lipinski definition) is 4. The van der Waals surface area contributed by atoms with Crippen molar-refractivity contribution in [3.05, 3.63) is 76.6 Å².